The average molecular weight is 268 g/mol. The monoisotopic (exact) mass is 268 g/mol. The van der Waals surface area contributed by atoms with Gasteiger partial charge in [0.1, 0.15) is 0 Å². The molecule has 1 atom stereocenters. The van der Waals surface area contributed by atoms with Crippen molar-refractivity contribution in [2.24, 2.45) is 5.41 Å². The zero-order valence-corrected chi connectivity index (χ0v) is 12.2. The van der Waals surface area contributed by atoms with E-state index in [1.807, 2.05) is 20.9 Å². The molecule has 1 fully saturated rings. The van der Waals surface area contributed by atoms with Crippen LogP contribution in [0.5, 0.6) is 0 Å². The third-order valence-electron chi connectivity index (χ3n) is 3.84. The van der Waals surface area contributed by atoms with E-state index in [2.05, 4.69) is 16.8 Å². The average Bonchev–Trinajstić information content (AvgIpc) is 2.98. The van der Waals surface area contributed by atoms with Crippen molar-refractivity contribution in [1.29, 1.82) is 0 Å². The van der Waals surface area contributed by atoms with Gasteiger partial charge in [-0.1, -0.05) is 0 Å². The molecule has 1 unspecified atom stereocenters. The lowest BCUT2D eigenvalue weighted by atomic mass is 10.1. The molecule has 1 aliphatic carbocycles. The van der Waals surface area contributed by atoms with Crippen LogP contribution in [0.1, 0.15) is 41.4 Å². The molecule has 100 valence electrons. The summed E-state index contributed by atoms with van der Waals surface area (Å²) in [5.74, 6) is -0.654. The van der Waals surface area contributed by atoms with E-state index in [9.17, 15) is 9.90 Å². The molecule has 0 saturated heterocycles. The second kappa shape index (κ2) is 4.63. The number of hydrogen-bond acceptors (Lipinski definition) is 4. The maximum absolute atomic E-state index is 11.2. The first kappa shape index (κ1) is 13.5. The van der Waals surface area contributed by atoms with Gasteiger partial charge in [0.25, 0.3) is 0 Å². The van der Waals surface area contributed by atoms with Crippen LogP contribution >= 0.6 is 11.3 Å². The van der Waals surface area contributed by atoms with E-state index in [1.54, 1.807) is 11.3 Å². The number of hydrogen-bond donors (Lipinski definition) is 1. The first-order valence-electron chi connectivity index (χ1n) is 6.23. The molecule has 0 radical (unpaired) electrons. The standard InChI is InChI=1S/C13H20N2O2S/c1-8-11(18-10(3)14-8)9(2)15(4)7-13(5-6-13)12(16)17/h9H,5-7H2,1-4H3,(H,16,17). The highest BCUT2D eigenvalue weighted by molar-refractivity contribution is 7.11. The fourth-order valence-electron chi connectivity index (χ4n) is 2.34. The van der Waals surface area contributed by atoms with E-state index in [4.69, 9.17) is 0 Å². The topological polar surface area (TPSA) is 53.4 Å². The molecule has 0 aromatic carbocycles. The Morgan fingerprint density at radius 2 is 2.17 bits per heavy atom. The Morgan fingerprint density at radius 3 is 2.56 bits per heavy atom. The predicted molar refractivity (Wildman–Crippen MR) is 71.9 cm³/mol. The number of aryl methyl sites for hydroxylation is 2. The van der Waals surface area contributed by atoms with Crippen LogP contribution in [0.15, 0.2) is 0 Å². The van der Waals surface area contributed by atoms with Gasteiger partial charge in [0.15, 0.2) is 0 Å². The summed E-state index contributed by atoms with van der Waals surface area (Å²) < 4.78 is 0. The summed E-state index contributed by atoms with van der Waals surface area (Å²) in [5, 5.41) is 10.3. The van der Waals surface area contributed by atoms with E-state index in [0.29, 0.717) is 6.54 Å². The lowest BCUT2D eigenvalue weighted by Gasteiger charge is -2.27. The van der Waals surface area contributed by atoms with Gasteiger partial charge in [0, 0.05) is 17.5 Å². The lowest BCUT2D eigenvalue weighted by molar-refractivity contribution is -0.144. The van der Waals surface area contributed by atoms with Crippen molar-refractivity contribution in [1.82, 2.24) is 9.88 Å². The largest absolute Gasteiger partial charge is 0.481 e. The van der Waals surface area contributed by atoms with Gasteiger partial charge in [-0.2, -0.15) is 0 Å². The number of nitrogens with zero attached hydrogens (tertiary/aromatic N) is 2. The van der Waals surface area contributed by atoms with Crippen molar-refractivity contribution in [3.8, 4) is 0 Å². The number of thiazole rings is 1. The van der Waals surface area contributed by atoms with E-state index >= 15 is 0 Å². The Labute approximate surface area is 112 Å². The van der Waals surface area contributed by atoms with Gasteiger partial charge in [0.05, 0.1) is 16.1 Å². The molecule has 1 saturated carbocycles. The first-order valence-corrected chi connectivity index (χ1v) is 7.05. The van der Waals surface area contributed by atoms with Gasteiger partial charge < -0.3 is 5.11 Å². The summed E-state index contributed by atoms with van der Waals surface area (Å²) in [7, 11) is 2.00. The maximum atomic E-state index is 11.2. The van der Waals surface area contributed by atoms with Crippen molar-refractivity contribution in [2.45, 2.75) is 39.7 Å². The summed E-state index contributed by atoms with van der Waals surface area (Å²) >= 11 is 1.71. The summed E-state index contributed by atoms with van der Waals surface area (Å²) in [5.41, 5.74) is 0.577. The SMILES string of the molecule is Cc1nc(C)c(C(C)N(C)CC2(C(=O)O)CC2)s1. The van der Waals surface area contributed by atoms with Crippen molar-refractivity contribution in [3.63, 3.8) is 0 Å². The zero-order valence-electron chi connectivity index (χ0n) is 11.4. The molecule has 1 aliphatic rings. The van der Waals surface area contributed by atoms with E-state index in [1.165, 1.54) is 4.88 Å². The number of carboxylic acid groups (broad SMARTS) is 1. The van der Waals surface area contributed by atoms with E-state index in [-0.39, 0.29) is 6.04 Å². The number of carbonyl (C=O) groups is 1. The fraction of sp³-hybridized carbons (Fsp3) is 0.692. The molecule has 5 heteroatoms. The molecule has 18 heavy (non-hydrogen) atoms. The first-order chi connectivity index (χ1) is 8.35. The van der Waals surface area contributed by atoms with Gasteiger partial charge in [-0.3, -0.25) is 9.69 Å². The fourth-order valence-corrected chi connectivity index (χ4v) is 3.38. The van der Waals surface area contributed by atoms with Crippen LogP contribution in [0.4, 0.5) is 0 Å². The highest BCUT2D eigenvalue weighted by Crippen LogP contribution is 2.47. The minimum Gasteiger partial charge on any atom is -0.481 e. The highest BCUT2D eigenvalue weighted by atomic mass is 32.1. The van der Waals surface area contributed by atoms with Gasteiger partial charge >= 0.3 is 5.97 Å². The molecule has 1 N–H and O–H groups in total. The molecule has 0 spiro atoms. The Balaban J connectivity index is 2.07. The van der Waals surface area contributed by atoms with Gasteiger partial charge in [-0.15, -0.1) is 11.3 Å². The number of aliphatic carboxylic acids is 1. The van der Waals surface area contributed by atoms with Crippen LogP contribution in [0.25, 0.3) is 0 Å². The molecule has 2 rings (SSSR count). The third-order valence-corrected chi connectivity index (χ3v) is 5.08. The Kier molecular flexibility index (Phi) is 3.47. The minimum atomic E-state index is -0.654. The molecule has 1 aromatic rings. The Morgan fingerprint density at radius 1 is 1.56 bits per heavy atom. The van der Waals surface area contributed by atoms with Gasteiger partial charge in [-0.05, 0) is 40.7 Å². The smallest absolute Gasteiger partial charge is 0.310 e. The van der Waals surface area contributed by atoms with Crippen LogP contribution in [0.2, 0.25) is 0 Å². The lowest BCUT2D eigenvalue weighted by Crippen LogP contribution is -2.33. The maximum Gasteiger partial charge on any atom is 0.310 e. The van der Waals surface area contributed by atoms with E-state index < -0.39 is 11.4 Å². The Hall–Kier alpha value is -0.940. The second-order valence-corrected chi connectivity index (χ2v) is 6.59. The highest BCUT2D eigenvalue weighted by Gasteiger charge is 2.51. The molecule has 0 bridgehead atoms. The number of aromatic nitrogens is 1. The summed E-state index contributed by atoms with van der Waals surface area (Å²) in [6.07, 6.45) is 1.61. The minimum absolute atomic E-state index is 0.230. The van der Waals surface area contributed by atoms with Gasteiger partial charge in [0.2, 0.25) is 0 Å². The molecule has 1 aromatic heterocycles. The second-order valence-electron chi connectivity index (χ2n) is 5.36. The van der Waals surface area contributed by atoms with E-state index in [0.717, 1.165) is 23.5 Å². The molecular weight excluding hydrogens is 248 g/mol. The normalized spacial score (nSPS) is 18.9. The summed E-state index contributed by atoms with van der Waals surface area (Å²) in [4.78, 5) is 19.0. The molecule has 1 heterocycles. The van der Waals surface area contributed by atoms with Crippen LogP contribution in [-0.4, -0.2) is 34.6 Å². The number of carboxylic acids is 1. The van der Waals surface area contributed by atoms with Crippen molar-refractivity contribution < 1.29 is 9.90 Å². The quantitative estimate of drug-likeness (QED) is 0.892. The summed E-state index contributed by atoms with van der Waals surface area (Å²) in [6.45, 7) is 6.78. The van der Waals surface area contributed by atoms with Crippen LogP contribution in [-0.2, 0) is 4.79 Å². The van der Waals surface area contributed by atoms with Gasteiger partial charge in [-0.25, -0.2) is 4.98 Å². The van der Waals surface area contributed by atoms with Crippen molar-refractivity contribution in [3.05, 3.63) is 15.6 Å². The third kappa shape index (κ3) is 2.42. The van der Waals surface area contributed by atoms with Crippen molar-refractivity contribution >= 4 is 17.3 Å². The molecule has 0 amide bonds. The molecular formula is C13H20N2O2S. The zero-order chi connectivity index (χ0) is 13.5. The van der Waals surface area contributed by atoms with Crippen molar-refractivity contribution in [2.75, 3.05) is 13.6 Å². The number of rotatable bonds is 5. The van der Waals surface area contributed by atoms with Crippen LogP contribution in [0.3, 0.4) is 0 Å². The molecule has 4 nitrogen and oxygen atoms in total. The summed E-state index contributed by atoms with van der Waals surface area (Å²) in [6, 6.07) is 0.230. The Bertz CT molecular complexity index is 466. The predicted octanol–water partition coefficient (Wildman–Crippen LogP) is 2.62. The van der Waals surface area contributed by atoms with Crippen LogP contribution < -0.4 is 0 Å². The molecule has 0 aliphatic heterocycles. The van der Waals surface area contributed by atoms with Crippen LogP contribution in [0, 0.1) is 19.3 Å².